The van der Waals surface area contributed by atoms with Crippen molar-refractivity contribution in [3.63, 3.8) is 0 Å². The zero-order valence-electron chi connectivity index (χ0n) is 27.1. The maximum atomic E-state index is 14.1. The molecule has 0 radical (unpaired) electrons. The highest BCUT2D eigenvalue weighted by atomic mass is 16.7. The van der Waals surface area contributed by atoms with Crippen molar-refractivity contribution in [1.29, 1.82) is 0 Å². The number of allylic oxidation sites excluding steroid dienone is 3. The topological polar surface area (TPSA) is 124 Å². The van der Waals surface area contributed by atoms with Gasteiger partial charge >= 0.3 is 5.97 Å². The molecule has 3 saturated heterocycles. The van der Waals surface area contributed by atoms with Gasteiger partial charge in [-0.15, -0.1) is 0 Å². The number of aliphatic hydroxyl groups is 3. The highest BCUT2D eigenvalue weighted by Crippen LogP contribution is 2.48. The van der Waals surface area contributed by atoms with Crippen molar-refractivity contribution in [3.8, 4) is 0 Å². The summed E-state index contributed by atoms with van der Waals surface area (Å²) < 4.78 is 31.3. The minimum absolute atomic E-state index is 0.0667. The molecule has 4 aliphatic heterocycles. The molecule has 0 amide bonds. The lowest BCUT2D eigenvalue weighted by Crippen LogP contribution is -2.62. The SMILES string of the molecule is C/C=C(\C)[C@H]1O[C@@]2(C[C@@H]3C[C@@H](C/C=C(\C)[C@H](O)[C@@H](C)/C=C/C=C4\CO[C@@H]5[C@H](OC)C(C)=C[C@@H](C(=O)O3)[C@]45O)O2)[C@H](O)C[C@@H]1C. The van der Waals surface area contributed by atoms with E-state index in [1.165, 1.54) is 0 Å². The van der Waals surface area contributed by atoms with E-state index in [-0.39, 0.29) is 31.0 Å². The van der Waals surface area contributed by atoms with Crippen LogP contribution in [0, 0.1) is 17.8 Å². The molecule has 12 atom stereocenters. The number of carbonyl (C=O) groups excluding carboxylic acids is 1. The molecule has 44 heavy (non-hydrogen) atoms. The minimum Gasteiger partial charge on any atom is -0.462 e. The van der Waals surface area contributed by atoms with Crippen molar-refractivity contribution in [1.82, 2.24) is 0 Å². The third-order valence-electron chi connectivity index (χ3n) is 10.4. The van der Waals surface area contributed by atoms with Gasteiger partial charge in [0.15, 0.2) is 5.79 Å². The van der Waals surface area contributed by atoms with E-state index < -0.39 is 59.9 Å². The van der Waals surface area contributed by atoms with E-state index in [1.807, 2.05) is 52.8 Å². The van der Waals surface area contributed by atoms with Gasteiger partial charge in [0, 0.05) is 25.9 Å². The Balaban J connectivity index is 1.57. The van der Waals surface area contributed by atoms with Crippen molar-refractivity contribution >= 4 is 5.97 Å². The second-order valence-electron chi connectivity index (χ2n) is 13.5. The number of hydrogen-bond donors (Lipinski definition) is 3. The monoisotopic (exact) mass is 614 g/mol. The molecule has 9 heteroatoms. The highest BCUT2D eigenvalue weighted by molar-refractivity contribution is 5.78. The number of carbonyl (C=O) groups is 1. The molecule has 0 aromatic heterocycles. The second kappa shape index (κ2) is 12.9. The third kappa shape index (κ3) is 5.93. The maximum Gasteiger partial charge on any atom is 0.316 e. The molecule has 1 aliphatic carbocycles. The van der Waals surface area contributed by atoms with Crippen molar-refractivity contribution < 1.29 is 43.8 Å². The van der Waals surface area contributed by atoms with E-state index in [9.17, 15) is 20.1 Å². The van der Waals surface area contributed by atoms with Crippen molar-refractivity contribution in [2.75, 3.05) is 13.7 Å². The molecule has 4 heterocycles. The molecule has 0 aromatic rings. The van der Waals surface area contributed by atoms with Crippen LogP contribution in [0.1, 0.15) is 67.2 Å². The molecule has 0 unspecified atom stereocenters. The summed E-state index contributed by atoms with van der Waals surface area (Å²) >= 11 is 0. The summed E-state index contributed by atoms with van der Waals surface area (Å²) in [5.41, 5.74) is 1.46. The Hall–Kier alpha value is -2.11. The van der Waals surface area contributed by atoms with Crippen LogP contribution in [0.25, 0.3) is 0 Å². The van der Waals surface area contributed by atoms with Gasteiger partial charge in [-0.2, -0.15) is 0 Å². The van der Waals surface area contributed by atoms with E-state index in [4.69, 9.17) is 23.7 Å². The molecule has 0 aromatic carbocycles. The van der Waals surface area contributed by atoms with Gasteiger partial charge in [-0.1, -0.05) is 50.3 Å². The molecule has 3 fully saturated rings. The summed E-state index contributed by atoms with van der Waals surface area (Å²) in [5, 5.41) is 34.9. The van der Waals surface area contributed by atoms with Crippen LogP contribution in [-0.2, 0) is 28.5 Å². The average Bonchev–Trinajstić information content (AvgIpc) is 3.32. The molecule has 5 aliphatic rings. The number of aliphatic hydroxyl groups excluding tert-OH is 2. The molecular formula is C35H50O9. The lowest BCUT2D eigenvalue weighted by molar-refractivity contribution is -0.363. The smallest absolute Gasteiger partial charge is 0.316 e. The van der Waals surface area contributed by atoms with Crippen LogP contribution >= 0.6 is 0 Å². The van der Waals surface area contributed by atoms with Gasteiger partial charge in [-0.3, -0.25) is 4.79 Å². The first-order chi connectivity index (χ1) is 20.8. The minimum atomic E-state index is -1.69. The Bertz CT molecular complexity index is 1250. The second-order valence-corrected chi connectivity index (χ2v) is 13.5. The zero-order chi connectivity index (χ0) is 32.0. The number of fused-ring (bicyclic) bond motifs is 2. The third-order valence-corrected chi connectivity index (χ3v) is 10.4. The summed E-state index contributed by atoms with van der Waals surface area (Å²) in [4.78, 5) is 14.1. The van der Waals surface area contributed by atoms with Crippen LogP contribution in [0.3, 0.4) is 0 Å². The van der Waals surface area contributed by atoms with E-state index in [1.54, 1.807) is 25.3 Å². The summed E-state index contributed by atoms with van der Waals surface area (Å²) in [6, 6.07) is 0. The predicted molar refractivity (Wildman–Crippen MR) is 164 cm³/mol. The van der Waals surface area contributed by atoms with Gasteiger partial charge in [0.25, 0.3) is 0 Å². The highest BCUT2D eigenvalue weighted by Gasteiger charge is 2.61. The Morgan fingerprint density at radius 2 is 1.86 bits per heavy atom. The Kier molecular flexibility index (Phi) is 9.79. The largest absolute Gasteiger partial charge is 0.462 e. The first-order valence-electron chi connectivity index (χ1n) is 16.0. The normalized spacial score (nSPS) is 48.4. The fourth-order valence-electron chi connectivity index (χ4n) is 7.67. The summed E-state index contributed by atoms with van der Waals surface area (Å²) in [5.74, 6) is -3.14. The molecule has 0 saturated carbocycles. The van der Waals surface area contributed by atoms with Gasteiger partial charge < -0.3 is 39.0 Å². The van der Waals surface area contributed by atoms with Gasteiger partial charge in [0.1, 0.15) is 35.9 Å². The van der Waals surface area contributed by atoms with E-state index in [0.717, 1.165) is 16.7 Å². The van der Waals surface area contributed by atoms with Gasteiger partial charge in [0.05, 0.1) is 24.9 Å². The van der Waals surface area contributed by atoms with Crippen LogP contribution < -0.4 is 0 Å². The Morgan fingerprint density at radius 3 is 2.57 bits per heavy atom. The van der Waals surface area contributed by atoms with Crippen LogP contribution in [0.15, 0.2) is 58.7 Å². The number of rotatable bonds is 2. The average molecular weight is 615 g/mol. The first kappa shape index (κ1) is 33.3. The Morgan fingerprint density at radius 1 is 1.11 bits per heavy atom. The predicted octanol–water partition coefficient (Wildman–Crippen LogP) is 4.08. The standard InChI is InChI=1S/C35H50O9/c1-8-19(2)30-23(6)15-28(36)34(44-30)17-26-16-25(43-34)13-12-21(4)29(37)20(3)10-9-11-24-18-41-32-31(40-7)22(5)14-27(33(38)42-26)35(24,32)39/h8-12,14,20,23,25-32,36-37,39H,13,15-18H2,1-7H3/b10-9+,19-8+,21-12+,24-11+/t20-,23-,25+,26-,27-,28+,29+,30+,31+,32+,34-,35+/m0/s1. The first-order valence-corrected chi connectivity index (χ1v) is 16.0. The van der Waals surface area contributed by atoms with Gasteiger partial charge in [-0.05, 0) is 68.7 Å². The molecule has 5 rings (SSSR count). The van der Waals surface area contributed by atoms with Gasteiger partial charge in [0.2, 0.25) is 0 Å². The molecular weight excluding hydrogens is 564 g/mol. The lowest BCUT2D eigenvalue weighted by atomic mass is 9.70. The quantitative estimate of drug-likeness (QED) is 0.312. The molecule has 9 nitrogen and oxygen atoms in total. The van der Waals surface area contributed by atoms with Crippen molar-refractivity contribution in [2.45, 2.75) is 121 Å². The maximum absolute atomic E-state index is 14.1. The van der Waals surface area contributed by atoms with Crippen LogP contribution in [-0.4, -0.2) is 89.1 Å². The fraction of sp³-hybridized carbons (Fsp3) is 0.686. The van der Waals surface area contributed by atoms with E-state index >= 15 is 0 Å². The zero-order valence-corrected chi connectivity index (χ0v) is 27.1. The number of methoxy groups -OCH3 is 1. The van der Waals surface area contributed by atoms with Crippen LogP contribution in [0.5, 0.6) is 0 Å². The molecule has 244 valence electrons. The molecule has 3 N–H and O–H groups in total. The molecule has 2 bridgehead atoms. The number of esters is 1. The Labute approximate surface area is 261 Å². The summed E-state index contributed by atoms with van der Waals surface area (Å²) in [6.45, 7) is 11.8. The lowest BCUT2D eigenvalue weighted by Gasteiger charge is -2.52. The van der Waals surface area contributed by atoms with Crippen molar-refractivity contribution in [2.24, 2.45) is 17.8 Å². The molecule has 1 spiro atoms. The summed E-state index contributed by atoms with van der Waals surface area (Å²) in [7, 11) is 1.56. The van der Waals surface area contributed by atoms with Crippen LogP contribution in [0.2, 0.25) is 0 Å². The fourth-order valence-corrected chi connectivity index (χ4v) is 7.67. The van der Waals surface area contributed by atoms with E-state index in [2.05, 4.69) is 6.92 Å². The summed E-state index contributed by atoms with van der Waals surface area (Å²) in [6.07, 6.45) is 8.23. The van der Waals surface area contributed by atoms with Crippen LogP contribution in [0.4, 0.5) is 0 Å². The van der Waals surface area contributed by atoms with Crippen molar-refractivity contribution in [3.05, 3.63) is 58.7 Å². The van der Waals surface area contributed by atoms with Gasteiger partial charge in [-0.25, -0.2) is 0 Å². The number of ether oxygens (including phenoxy) is 5. The van der Waals surface area contributed by atoms with E-state index in [0.29, 0.717) is 24.8 Å². The number of hydrogen-bond acceptors (Lipinski definition) is 9.